The fourth-order valence-corrected chi connectivity index (χ4v) is 3.51. The van der Waals surface area contributed by atoms with Crippen molar-refractivity contribution in [3.05, 3.63) is 34.9 Å². The van der Waals surface area contributed by atoms with Gasteiger partial charge >= 0.3 is 0 Å². The average molecular weight is 314 g/mol. The largest absolute Gasteiger partial charge is 0.341 e. The summed E-state index contributed by atoms with van der Waals surface area (Å²) in [7, 11) is -1.28. The summed E-state index contributed by atoms with van der Waals surface area (Å²) in [6.07, 6.45) is 0.811. The lowest BCUT2D eigenvalue weighted by Gasteiger charge is -2.25. The van der Waals surface area contributed by atoms with Crippen LogP contribution in [0.25, 0.3) is 0 Å². The summed E-state index contributed by atoms with van der Waals surface area (Å²) in [5, 5.41) is 0.567. The Morgan fingerprint density at radius 1 is 1.25 bits per heavy atom. The van der Waals surface area contributed by atoms with Crippen molar-refractivity contribution in [3.63, 3.8) is 0 Å². The number of hydrogen-bond acceptors (Lipinski definition) is 3. The number of ketones is 1. The molecule has 2 rings (SSSR count). The molecule has 1 aliphatic heterocycles. The van der Waals surface area contributed by atoms with E-state index in [9.17, 15) is 13.8 Å². The zero-order chi connectivity index (χ0) is 14.5. The van der Waals surface area contributed by atoms with Gasteiger partial charge in [-0.3, -0.25) is 13.8 Å². The molecular weight excluding hydrogens is 298 g/mol. The smallest absolute Gasteiger partial charge is 0.235 e. The molecule has 1 aliphatic rings. The van der Waals surface area contributed by atoms with Gasteiger partial charge in [-0.2, -0.15) is 0 Å². The van der Waals surface area contributed by atoms with Crippen LogP contribution in [0.3, 0.4) is 0 Å². The lowest BCUT2D eigenvalue weighted by atomic mass is 10.1. The molecule has 6 heteroatoms. The van der Waals surface area contributed by atoms with E-state index in [4.69, 9.17) is 11.6 Å². The summed E-state index contributed by atoms with van der Waals surface area (Å²) in [5.41, 5.74) is 0.786. The molecule has 0 aromatic heterocycles. The molecule has 1 aromatic carbocycles. The Balaban J connectivity index is 1.87. The molecule has 1 saturated heterocycles. The number of piperidine rings is 1. The van der Waals surface area contributed by atoms with E-state index in [1.807, 2.05) is 18.2 Å². The van der Waals surface area contributed by atoms with Crippen molar-refractivity contribution in [1.29, 1.82) is 0 Å². The first kappa shape index (κ1) is 15.2. The fraction of sp³-hybridized carbons (Fsp3) is 0.429. The first-order valence-corrected chi connectivity index (χ1v) is 8.30. The number of nitrogens with zero attached hydrogens (tertiary/aromatic N) is 1. The summed E-state index contributed by atoms with van der Waals surface area (Å²) < 4.78 is 12.0. The highest BCUT2D eigenvalue weighted by atomic mass is 35.5. The summed E-state index contributed by atoms with van der Waals surface area (Å²) in [5.74, 6) is 0.298. The molecule has 1 heterocycles. The SMILES string of the molecule is O=C1CCN(C(=O)CS(=O)Cc2ccccc2Cl)CC1. The van der Waals surface area contributed by atoms with Crippen molar-refractivity contribution >= 4 is 34.1 Å². The predicted molar refractivity (Wildman–Crippen MR) is 79.0 cm³/mol. The van der Waals surface area contributed by atoms with Gasteiger partial charge in [0.1, 0.15) is 11.5 Å². The fourth-order valence-electron chi connectivity index (χ4n) is 2.07. The van der Waals surface area contributed by atoms with Crippen LogP contribution in [0.5, 0.6) is 0 Å². The van der Waals surface area contributed by atoms with Crippen molar-refractivity contribution in [2.24, 2.45) is 0 Å². The normalized spacial score (nSPS) is 17.1. The van der Waals surface area contributed by atoms with Gasteiger partial charge in [-0.1, -0.05) is 29.8 Å². The topological polar surface area (TPSA) is 54.5 Å². The summed E-state index contributed by atoms with van der Waals surface area (Å²) in [6, 6.07) is 7.19. The van der Waals surface area contributed by atoms with Crippen molar-refractivity contribution < 1.29 is 13.8 Å². The zero-order valence-electron chi connectivity index (χ0n) is 11.0. The second-order valence-corrected chi connectivity index (χ2v) is 6.60. The number of halogens is 1. The third-order valence-corrected chi connectivity index (χ3v) is 4.80. The number of Topliss-reactive ketones (excluding diaryl/α,β-unsaturated/α-hetero) is 1. The van der Waals surface area contributed by atoms with Gasteiger partial charge in [0.25, 0.3) is 0 Å². The number of likely N-dealkylation sites (tertiary alicyclic amines) is 1. The number of carbonyl (C=O) groups is 2. The van der Waals surface area contributed by atoms with Crippen LogP contribution >= 0.6 is 11.6 Å². The van der Waals surface area contributed by atoms with Crippen molar-refractivity contribution in [2.45, 2.75) is 18.6 Å². The molecule has 0 aliphatic carbocycles. The van der Waals surface area contributed by atoms with Gasteiger partial charge in [0.2, 0.25) is 5.91 Å². The van der Waals surface area contributed by atoms with E-state index in [-0.39, 0.29) is 23.2 Å². The van der Waals surface area contributed by atoms with Gasteiger partial charge in [0.05, 0.1) is 5.75 Å². The molecule has 1 aromatic rings. The van der Waals surface area contributed by atoms with Gasteiger partial charge in [-0.05, 0) is 11.6 Å². The van der Waals surface area contributed by atoms with Gasteiger partial charge in [0, 0.05) is 41.8 Å². The quantitative estimate of drug-likeness (QED) is 0.851. The van der Waals surface area contributed by atoms with Crippen LogP contribution in [0.15, 0.2) is 24.3 Å². The molecule has 20 heavy (non-hydrogen) atoms. The molecule has 0 radical (unpaired) electrons. The lowest BCUT2D eigenvalue weighted by Crippen LogP contribution is -2.40. The Morgan fingerprint density at radius 2 is 1.90 bits per heavy atom. The Bertz CT molecular complexity index is 537. The summed E-state index contributed by atoms with van der Waals surface area (Å²) >= 11 is 6.00. The Labute approximate surface area is 125 Å². The molecule has 1 unspecified atom stereocenters. The third-order valence-electron chi connectivity index (χ3n) is 3.23. The third kappa shape index (κ3) is 4.15. The highest BCUT2D eigenvalue weighted by molar-refractivity contribution is 7.84. The molecule has 0 bridgehead atoms. The first-order valence-electron chi connectivity index (χ1n) is 6.44. The van der Waals surface area contributed by atoms with Crippen LogP contribution in [0.1, 0.15) is 18.4 Å². The maximum atomic E-state index is 12.0. The van der Waals surface area contributed by atoms with Gasteiger partial charge in [-0.25, -0.2) is 0 Å². The van der Waals surface area contributed by atoms with E-state index in [2.05, 4.69) is 0 Å². The Morgan fingerprint density at radius 3 is 2.55 bits per heavy atom. The number of amides is 1. The van der Waals surface area contributed by atoms with Crippen molar-refractivity contribution in [3.8, 4) is 0 Å². The van der Waals surface area contributed by atoms with E-state index < -0.39 is 10.8 Å². The number of benzene rings is 1. The van der Waals surface area contributed by atoms with Gasteiger partial charge in [-0.15, -0.1) is 0 Å². The van der Waals surface area contributed by atoms with Crippen LogP contribution in [-0.2, 0) is 26.1 Å². The van der Waals surface area contributed by atoms with Crippen molar-refractivity contribution in [1.82, 2.24) is 4.90 Å². The molecular formula is C14H16ClNO3S. The molecule has 4 nitrogen and oxygen atoms in total. The highest BCUT2D eigenvalue weighted by Gasteiger charge is 2.22. The van der Waals surface area contributed by atoms with Crippen LogP contribution in [-0.4, -0.2) is 39.6 Å². The predicted octanol–water partition coefficient (Wildman–Crippen LogP) is 1.78. The van der Waals surface area contributed by atoms with E-state index in [0.29, 0.717) is 31.0 Å². The average Bonchev–Trinajstić information content (AvgIpc) is 2.42. The molecule has 0 spiro atoms. The molecule has 0 saturated carbocycles. The number of rotatable bonds is 4. The molecule has 1 fully saturated rings. The van der Waals surface area contributed by atoms with E-state index in [1.165, 1.54) is 0 Å². The van der Waals surface area contributed by atoms with Crippen LogP contribution in [0.2, 0.25) is 5.02 Å². The van der Waals surface area contributed by atoms with Crippen LogP contribution in [0, 0.1) is 0 Å². The second kappa shape index (κ2) is 6.99. The zero-order valence-corrected chi connectivity index (χ0v) is 12.6. The number of carbonyl (C=O) groups excluding carboxylic acids is 2. The summed E-state index contributed by atoms with van der Waals surface area (Å²) in [6.45, 7) is 0.891. The molecule has 1 atom stereocenters. The molecule has 1 amide bonds. The Kier molecular flexibility index (Phi) is 5.31. The van der Waals surface area contributed by atoms with Gasteiger partial charge < -0.3 is 4.90 Å². The lowest BCUT2D eigenvalue weighted by molar-refractivity contribution is -0.132. The van der Waals surface area contributed by atoms with Crippen molar-refractivity contribution in [2.75, 3.05) is 18.8 Å². The standard InChI is InChI=1S/C14H16ClNO3S/c15-13-4-2-1-3-11(13)9-20(19)10-14(18)16-7-5-12(17)6-8-16/h1-4H,5-10H2. The maximum absolute atomic E-state index is 12.0. The minimum absolute atomic E-state index is 0.0145. The maximum Gasteiger partial charge on any atom is 0.235 e. The van der Waals surface area contributed by atoms with Crippen LogP contribution in [0.4, 0.5) is 0 Å². The van der Waals surface area contributed by atoms with E-state index in [0.717, 1.165) is 5.56 Å². The minimum Gasteiger partial charge on any atom is -0.341 e. The molecule has 0 N–H and O–H groups in total. The monoisotopic (exact) mass is 313 g/mol. The van der Waals surface area contributed by atoms with Gasteiger partial charge in [0.15, 0.2) is 0 Å². The second-order valence-electron chi connectivity index (χ2n) is 4.74. The first-order chi connectivity index (χ1) is 9.56. The molecule has 108 valence electrons. The number of hydrogen-bond donors (Lipinski definition) is 0. The highest BCUT2D eigenvalue weighted by Crippen LogP contribution is 2.17. The summed E-state index contributed by atoms with van der Waals surface area (Å²) in [4.78, 5) is 24.7. The minimum atomic E-state index is -1.28. The Hall–Kier alpha value is -1.20. The van der Waals surface area contributed by atoms with Crippen LogP contribution < -0.4 is 0 Å². The van der Waals surface area contributed by atoms with E-state index >= 15 is 0 Å². The van der Waals surface area contributed by atoms with E-state index in [1.54, 1.807) is 11.0 Å².